The van der Waals surface area contributed by atoms with Gasteiger partial charge in [0.1, 0.15) is 0 Å². The molecule has 0 radical (unpaired) electrons. The van der Waals surface area contributed by atoms with Crippen LogP contribution in [0.15, 0.2) is 22.7 Å². The smallest absolute Gasteiger partial charge is 0.0762 e. The largest absolute Gasteiger partial charge is 0.389 e. The number of halogens is 1. The molecule has 1 nitrogen and oxygen atoms in total. The Morgan fingerprint density at radius 3 is 2.55 bits per heavy atom. The van der Waals surface area contributed by atoms with Crippen molar-refractivity contribution >= 4 is 15.9 Å². The number of aliphatic hydroxyl groups excluding tert-OH is 1. The van der Waals surface area contributed by atoms with Crippen molar-refractivity contribution in [3.05, 3.63) is 33.8 Å². The lowest BCUT2D eigenvalue weighted by atomic mass is 10.1. The zero-order chi connectivity index (χ0) is 8.43. The third-order valence-electron chi connectivity index (χ3n) is 1.68. The lowest BCUT2D eigenvalue weighted by molar-refractivity contribution is 0.199. The van der Waals surface area contributed by atoms with Gasteiger partial charge in [0.25, 0.3) is 0 Å². The molecule has 2 heteroatoms. The molecule has 0 fully saturated rings. The first-order valence-electron chi connectivity index (χ1n) is 3.55. The lowest BCUT2D eigenvalue weighted by Gasteiger charge is -2.05. The summed E-state index contributed by atoms with van der Waals surface area (Å²) in [5.41, 5.74) is 2.14. The van der Waals surface area contributed by atoms with Crippen molar-refractivity contribution in [2.75, 3.05) is 0 Å². The molecule has 0 aromatic heterocycles. The summed E-state index contributed by atoms with van der Waals surface area (Å²) in [5, 5.41) is 9.22. The number of benzene rings is 1. The van der Waals surface area contributed by atoms with Gasteiger partial charge < -0.3 is 5.11 Å². The quantitative estimate of drug-likeness (QED) is 0.763. The summed E-state index contributed by atoms with van der Waals surface area (Å²) in [4.78, 5) is 0. The highest BCUT2D eigenvalue weighted by Gasteiger charge is 2.01. The third kappa shape index (κ3) is 2.04. The molecule has 1 atom stereocenters. The van der Waals surface area contributed by atoms with E-state index in [2.05, 4.69) is 15.9 Å². The van der Waals surface area contributed by atoms with Gasteiger partial charge in [-0.05, 0) is 31.0 Å². The van der Waals surface area contributed by atoms with Gasteiger partial charge in [-0.3, -0.25) is 0 Å². The minimum atomic E-state index is -0.383. The molecule has 0 aliphatic heterocycles. The molecule has 1 rings (SSSR count). The Morgan fingerprint density at radius 2 is 2.09 bits per heavy atom. The molecule has 0 saturated carbocycles. The van der Waals surface area contributed by atoms with Crippen molar-refractivity contribution in [3.63, 3.8) is 0 Å². The number of hydrogen-bond donors (Lipinski definition) is 1. The van der Waals surface area contributed by atoms with Crippen molar-refractivity contribution in [3.8, 4) is 0 Å². The van der Waals surface area contributed by atoms with E-state index in [1.165, 1.54) is 5.56 Å². The van der Waals surface area contributed by atoms with Gasteiger partial charge in [0.2, 0.25) is 0 Å². The normalized spacial score (nSPS) is 13.1. The topological polar surface area (TPSA) is 20.2 Å². The van der Waals surface area contributed by atoms with Gasteiger partial charge in [-0.25, -0.2) is 0 Å². The average molecular weight is 215 g/mol. The summed E-state index contributed by atoms with van der Waals surface area (Å²) in [5.74, 6) is 0. The number of aryl methyl sites for hydroxylation is 1. The van der Waals surface area contributed by atoms with Gasteiger partial charge in [-0.1, -0.05) is 28.1 Å². The van der Waals surface area contributed by atoms with Crippen LogP contribution in [0.5, 0.6) is 0 Å². The van der Waals surface area contributed by atoms with Crippen molar-refractivity contribution in [2.24, 2.45) is 0 Å². The summed E-state index contributed by atoms with van der Waals surface area (Å²) < 4.78 is 1.05. The van der Waals surface area contributed by atoms with E-state index in [0.717, 1.165) is 10.0 Å². The highest BCUT2D eigenvalue weighted by atomic mass is 79.9. The van der Waals surface area contributed by atoms with E-state index >= 15 is 0 Å². The third-order valence-corrected chi connectivity index (χ3v) is 2.53. The van der Waals surface area contributed by atoms with Crippen molar-refractivity contribution in [2.45, 2.75) is 20.0 Å². The van der Waals surface area contributed by atoms with E-state index in [1.807, 2.05) is 25.1 Å². The van der Waals surface area contributed by atoms with E-state index in [4.69, 9.17) is 0 Å². The molecule has 11 heavy (non-hydrogen) atoms. The molecule has 1 aromatic carbocycles. The summed E-state index contributed by atoms with van der Waals surface area (Å²) >= 11 is 3.40. The standard InChI is InChI=1S/C9H11BrO/c1-6-3-4-8(7(2)11)5-9(6)10/h3-5,7,11H,1-2H3/t7-/m0/s1. The molecule has 60 valence electrons. The van der Waals surface area contributed by atoms with Crippen LogP contribution in [0.2, 0.25) is 0 Å². The second-order valence-electron chi connectivity index (χ2n) is 2.68. The van der Waals surface area contributed by atoms with Crippen molar-refractivity contribution in [1.29, 1.82) is 0 Å². The number of hydrogen-bond acceptors (Lipinski definition) is 1. The molecule has 0 aliphatic carbocycles. The summed E-state index contributed by atoms with van der Waals surface area (Å²) in [6.07, 6.45) is -0.383. The molecular formula is C9H11BrO. The molecule has 1 N–H and O–H groups in total. The maximum Gasteiger partial charge on any atom is 0.0762 e. The molecule has 0 spiro atoms. The summed E-state index contributed by atoms with van der Waals surface area (Å²) in [6.45, 7) is 3.78. The zero-order valence-electron chi connectivity index (χ0n) is 6.63. The zero-order valence-corrected chi connectivity index (χ0v) is 8.22. The SMILES string of the molecule is Cc1ccc([C@H](C)O)cc1Br. The Kier molecular flexibility index (Phi) is 2.68. The minimum Gasteiger partial charge on any atom is -0.389 e. The monoisotopic (exact) mass is 214 g/mol. The fourth-order valence-electron chi connectivity index (χ4n) is 0.869. The highest BCUT2D eigenvalue weighted by molar-refractivity contribution is 9.10. The maximum atomic E-state index is 9.22. The van der Waals surface area contributed by atoms with Gasteiger partial charge in [-0.15, -0.1) is 0 Å². The minimum absolute atomic E-state index is 0.383. The van der Waals surface area contributed by atoms with Crippen LogP contribution < -0.4 is 0 Å². The Balaban J connectivity index is 3.05. The Hall–Kier alpha value is -0.340. The van der Waals surface area contributed by atoms with Crippen molar-refractivity contribution < 1.29 is 5.11 Å². The van der Waals surface area contributed by atoms with E-state index in [-0.39, 0.29) is 6.10 Å². The van der Waals surface area contributed by atoms with E-state index in [1.54, 1.807) is 6.92 Å². The van der Waals surface area contributed by atoms with Gasteiger partial charge in [0, 0.05) is 4.47 Å². The van der Waals surface area contributed by atoms with Crippen LogP contribution in [-0.4, -0.2) is 5.11 Å². The van der Waals surface area contributed by atoms with Crippen LogP contribution in [0.1, 0.15) is 24.2 Å². The average Bonchev–Trinajstić information content (AvgIpc) is 1.94. The van der Waals surface area contributed by atoms with Crippen LogP contribution in [-0.2, 0) is 0 Å². The van der Waals surface area contributed by atoms with Crippen LogP contribution in [0.25, 0.3) is 0 Å². The first-order chi connectivity index (χ1) is 5.11. The first kappa shape index (κ1) is 8.75. The Bertz CT molecular complexity index is 256. The Morgan fingerprint density at radius 1 is 1.45 bits per heavy atom. The fraction of sp³-hybridized carbons (Fsp3) is 0.333. The van der Waals surface area contributed by atoms with E-state index < -0.39 is 0 Å². The van der Waals surface area contributed by atoms with Crippen molar-refractivity contribution in [1.82, 2.24) is 0 Å². The second-order valence-corrected chi connectivity index (χ2v) is 3.54. The first-order valence-corrected chi connectivity index (χ1v) is 4.34. The van der Waals surface area contributed by atoms with E-state index in [0.29, 0.717) is 0 Å². The highest BCUT2D eigenvalue weighted by Crippen LogP contribution is 2.21. The van der Waals surface area contributed by atoms with Gasteiger partial charge >= 0.3 is 0 Å². The molecule has 0 amide bonds. The second kappa shape index (κ2) is 3.37. The molecular weight excluding hydrogens is 204 g/mol. The summed E-state index contributed by atoms with van der Waals surface area (Å²) in [6, 6.07) is 5.87. The number of rotatable bonds is 1. The van der Waals surface area contributed by atoms with E-state index in [9.17, 15) is 5.11 Å². The maximum absolute atomic E-state index is 9.22. The van der Waals surface area contributed by atoms with Gasteiger partial charge in [0.15, 0.2) is 0 Å². The van der Waals surface area contributed by atoms with Crippen LogP contribution >= 0.6 is 15.9 Å². The van der Waals surface area contributed by atoms with Crippen LogP contribution in [0.4, 0.5) is 0 Å². The molecule has 1 aromatic rings. The number of aliphatic hydroxyl groups is 1. The fourth-order valence-corrected chi connectivity index (χ4v) is 1.27. The van der Waals surface area contributed by atoms with Gasteiger partial charge in [-0.2, -0.15) is 0 Å². The Labute approximate surface area is 75.2 Å². The van der Waals surface area contributed by atoms with Gasteiger partial charge in [0.05, 0.1) is 6.10 Å². The predicted octanol–water partition coefficient (Wildman–Crippen LogP) is 2.81. The lowest BCUT2D eigenvalue weighted by Crippen LogP contribution is -1.90. The van der Waals surface area contributed by atoms with Crippen LogP contribution in [0, 0.1) is 6.92 Å². The predicted molar refractivity (Wildman–Crippen MR) is 49.5 cm³/mol. The molecule has 0 bridgehead atoms. The molecule has 0 saturated heterocycles. The van der Waals surface area contributed by atoms with Crippen LogP contribution in [0.3, 0.4) is 0 Å². The molecule has 0 unspecified atom stereocenters. The molecule has 0 aliphatic rings. The molecule has 0 heterocycles. The summed E-state index contributed by atoms with van der Waals surface area (Å²) in [7, 11) is 0.